The van der Waals surface area contributed by atoms with E-state index in [4.69, 9.17) is 12.2 Å². The van der Waals surface area contributed by atoms with E-state index in [1.807, 2.05) is 29.1 Å². The van der Waals surface area contributed by atoms with Gasteiger partial charge in [0.05, 0.1) is 12.2 Å². The second-order valence-corrected chi connectivity index (χ2v) is 5.44. The van der Waals surface area contributed by atoms with E-state index in [0.717, 1.165) is 6.54 Å². The third-order valence-electron chi connectivity index (χ3n) is 3.59. The van der Waals surface area contributed by atoms with E-state index in [1.54, 1.807) is 0 Å². The Balaban J connectivity index is 1.86. The minimum atomic E-state index is 0.186. The number of rotatable bonds is 5. The highest BCUT2D eigenvalue weighted by molar-refractivity contribution is 7.80. The summed E-state index contributed by atoms with van der Waals surface area (Å²) in [5.41, 5.74) is 3.58. The van der Waals surface area contributed by atoms with E-state index in [9.17, 15) is 0 Å². The van der Waals surface area contributed by atoms with Crippen molar-refractivity contribution in [3.05, 3.63) is 53.3 Å². The molecule has 0 aliphatic rings. The first kappa shape index (κ1) is 15.5. The predicted molar refractivity (Wildman–Crippen MR) is 90.1 cm³/mol. The number of benzene rings is 1. The van der Waals surface area contributed by atoms with Crippen LogP contribution in [-0.2, 0) is 13.1 Å². The zero-order valence-electron chi connectivity index (χ0n) is 12.8. The maximum absolute atomic E-state index is 5.36. The van der Waals surface area contributed by atoms with Crippen molar-refractivity contribution in [2.45, 2.75) is 39.9 Å². The Morgan fingerprint density at radius 1 is 1.33 bits per heavy atom. The van der Waals surface area contributed by atoms with Crippen molar-refractivity contribution >= 4 is 17.3 Å². The van der Waals surface area contributed by atoms with Crippen molar-refractivity contribution < 1.29 is 0 Å². The third-order valence-corrected chi connectivity index (χ3v) is 3.85. The largest absolute Gasteiger partial charge is 0.359 e. The van der Waals surface area contributed by atoms with E-state index in [2.05, 4.69) is 48.6 Å². The Kier molecular flexibility index (Phi) is 5.33. The summed E-state index contributed by atoms with van der Waals surface area (Å²) in [6.45, 7) is 7.85. The fourth-order valence-corrected chi connectivity index (χ4v) is 2.47. The molecule has 21 heavy (non-hydrogen) atoms. The third kappa shape index (κ3) is 4.04. The first-order chi connectivity index (χ1) is 10.1. The molecular formula is C16H22N4S. The van der Waals surface area contributed by atoms with Crippen molar-refractivity contribution in [3.8, 4) is 0 Å². The van der Waals surface area contributed by atoms with Gasteiger partial charge in [0.1, 0.15) is 0 Å². The summed E-state index contributed by atoms with van der Waals surface area (Å²) in [5.74, 6) is 0. The molecule has 0 amide bonds. The second-order valence-electron chi connectivity index (χ2n) is 5.03. The molecule has 2 N–H and O–H groups in total. The van der Waals surface area contributed by atoms with Crippen molar-refractivity contribution in [1.82, 2.24) is 20.4 Å². The molecule has 0 bridgehead atoms. The predicted octanol–water partition coefficient (Wildman–Crippen LogP) is 2.94. The quantitative estimate of drug-likeness (QED) is 0.833. The molecule has 4 nitrogen and oxygen atoms in total. The second kappa shape index (κ2) is 7.22. The van der Waals surface area contributed by atoms with Crippen molar-refractivity contribution in [2.75, 3.05) is 0 Å². The summed E-state index contributed by atoms with van der Waals surface area (Å²) < 4.78 is 1.99. The number of nitrogens with one attached hydrogen (secondary N) is 2. The molecule has 1 aromatic heterocycles. The fraction of sp³-hybridized carbons (Fsp3) is 0.375. The minimum Gasteiger partial charge on any atom is -0.359 e. The van der Waals surface area contributed by atoms with Gasteiger partial charge in [0, 0.05) is 24.3 Å². The molecule has 0 aliphatic heterocycles. The van der Waals surface area contributed by atoms with Crippen LogP contribution in [0.3, 0.4) is 0 Å². The minimum absolute atomic E-state index is 0.186. The fourth-order valence-electron chi connectivity index (χ4n) is 2.23. The van der Waals surface area contributed by atoms with Gasteiger partial charge in [0.25, 0.3) is 0 Å². The molecule has 1 unspecified atom stereocenters. The van der Waals surface area contributed by atoms with E-state index in [-0.39, 0.29) is 6.04 Å². The van der Waals surface area contributed by atoms with Gasteiger partial charge in [-0.25, -0.2) is 0 Å². The van der Waals surface area contributed by atoms with Crippen LogP contribution in [0.4, 0.5) is 0 Å². The summed E-state index contributed by atoms with van der Waals surface area (Å²) in [7, 11) is 0. The van der Waals surface area contributed by atoms with Gasteiger partial charge in [-0.05, 0) is 38.6 Å². The normalized spacial score (nSPS) is 12.0. The van der Waals surface area contributed by atoms with Crippen molar-refractivity contribution in [3.63, 3.8) is 0 Å². The van der Waals surface area contributed by atoms with Gasteiger partial charge >= 0.3 is 0 Å². The summed E-state index contributed by atoms with van der Waals surface area (Å²) in [6, 6.07) is 10.5. The van der Waals surface area contributed by atoms with Gasteiger partial charge in [-0.15, -0.1) is 0 Å². The molecule has 1 atom stereocenters. The molecule has 1 aromatic carbocycles. The molecule has 0 fully saturated rings. The molecule has 112 valence electrons. The average molecular weight is 302 g/mol. The number of hydrogen-bond donors (Lipinski definition) is 2. The number of aromatic nitrogens is 2. The van der Waals surface area contributed by atoms with Crippen molar-refractivity contribution in [2.24, 2.45) is 0 Å². The SMILES string of the molecule is CCn1ncc(CNC(=S)NC(C)c2ccccc2)c1C. The molecule has 0 spiro atoms. The van der Waals surface area contributed by atoms with E-state index >= 15 is 0 Å². The molecule has 5 heteroatoms. The molecule has 2 rings (SSSR count). The summed E-state index contributed by atoms with van der Waals surface area (Å²) in [5, 5.41) is 11.5. The van der Waals surface area contributed by atoms with Gasteiger partial charge in [0.2, 0.25) is 0 Å². The van der Waals surface area contributed by atoms with E-state index in [1.165, 1.54) is 16.8 Å². The highest BCUT2D eigenvalue weighted by Crippen LogP contribution is 2.11. The average Bonchev–Trinajstić information content (AvgIpc) is 2.86. The first-order valence-electron chi connectivity index (χ1n) is 7.22. The van der Waals surface area contributed by atoms with Crippen LogP contribution in [0.5, 0.6) is 0 Å². The molecule has 0 aliphatic carbocycles. The zero-order chi connectivity index (χ0) is 15.2. The first-order valence-corrected chi connectivity index (χ1v) is 7.63. The maximum atomic E-state index is 5.36. The standard InChI is InChI=1S/C16H22N4S/c1-4-20-13(3)15(11-18-20)10-17-16(21)19-12(2)14-8-6-5-7-9-14/h5-9,11-12H,4,10H2,1-3H3,(H2,17,19,21). The van der Waals surface area contributed by atoms with Gasteiger partial charge in [-0.1, -0.05) is 30.3 Å². The Morgan fingerprint density at radius 3 is 2.67 bits per heavy atom. The Hall–Kier alpha value is -1.88. The molecule has 2 aromatic rings. The van der Waals surface area contributed by atoms with Gasteiger partial charge in [-0.2, -0.15) is 5.10 Å². The smallest absolute Gasteiger partial charge is 0.167 e. The molecule has 0 saturated carbocycles. The van der Waals surface area contributed by atoms with Crippen molar-refractivity contribution in [1.29, 1.82) is 0 Å². The Bertz CT molecular complexity index is 592. The molecular weight excluding hydrogens is 280 g/mol. The topological polar surface area (TPSA) is 41.9 Å². The van der Waals surface area contributed by atoms with Crippen LogP contribution < -0.4 is 10.6 Å². The van der Waals surface area contributed by atoms with Crippen LogP contribution in [0.2, 0.25) is 0 Å². The number of hydrogen-bond acceptors (Lipinski definition) is 2. The lowest BCUT2D eigenvalue weighted by Gasteiger charge is -2.17. The molecule has 0 saturated heterocycles. The van der Waals surface area contributed by atoms with Crippen LogP contribution in [0.25, 0.3) is 0 Å². The van der Waals surface area contributed by atoms with Crippen LogP contribution in [-0.4, -0.2) is 14.9 Å². The zero-order valence-corrected chi connectivity index (χ0v) is 13.6. The Labute approximate surface area is 131 Å². The van der Waals surface area contributed by atoms with Gasteiger partial charge < -0.3 is 10.6 Å². The highest BCUT2D eigenvalue weighted by Gasteiger charge is 2.08. The summed E-state index contributed by atoms with van der Waals surface area (Å²) in [4.78, 5) is 0. The van der Waals surface area contributed by atoms with Crippen LogP contribution >= 0.6 is 12.2 Å². The number of aryl methyl sites for hydroxylation is 1. The number of thiocarbonyl (C=S) groups is 1. The Morgan fingerprint density at radius 2 is 2.05 bits per heavy atom. The van der Waals surface area contributed by atoms with Crippen LogP contribution in [0.15, 0.2) is 36.5 Å². The highest BCUT2D eigenvalue weighted by atomic mass is 32.1. The monoisotopic (exact) mass is 302 g/mol. The molecule has 0 radical (unpaired) electrons. The van der Waals surface area contributed by atoms with Crippen LogP contribution in [0.1, 0.15) is 36.7 Å². The number of nitrogens with zero attached hydrogens (tertiary/aromatic N) is 2. The maximum Gasteiger partial charge on any atom is 0.167 e. The summed E-state index contributed by atoms with van der Waals surface area (Å²) in [6.07, 6.45) is 1.90. The van der Waals surface area contributed by atoms with Gasteiger partial charge in [0.15, 0.2) is 5.11 Å². The van der Waals surface area contributed by atoms with Gasteiger partial charge in [-0.3, -0.25) is 4.68 Å². The lowest BCUT2D eigenvalue weighted by Crippen LogP contribution is -2.36. The molecule has 1 heterocycles. The van der Waals surface area contributed by atoms with E-state index < -0.39 is 0 Å². The lowest BCUT2D eigenvalue weighted by atomic mass is 10.1. The van der Waals surface area contributed by atoms with E-state index in [0.29, 0.717) is 11.7 Å². The summed E-state index contributed by atoms with van der Waals surface area (Å²) >= 11 is 5.36. The van der Waals surface area contributed by atoms with Crippen LogP contribution in [0, 0.1) is 6.92 Å². The lowest BCUT2D eigenvalue weighted by molar-refractivity contribution is 0.637.